The van der Waals surface area contributed by atoms with Crippen LogP contribution in [0.2, 0.25) is 0 Å². The Labute approximate surface area is 140 Å². The molecule has 2 heterocycles. The van der Waals surface area contributed by atoms with Crippen LogP contribution in [-0.4, -0.2) is 54.5 Å². The minimum absolute atomic E-state index is 0.0266. The molecule has 0 spiro atoms. The quantitative estimate of drug-likeness (QED) is 0.779. The lowest BCUT2D eigenvalue weighted by molar-refractivity contribution is -0.136. The van der Waals surface area contributed by atoms with Gasteiger partial charge in [-0.15, -0.1) is 0 Å². The summed E-state index contributed by atoms with van der Waals surface area (Å²) in [6.45, 7) is 15.0. The monoisotopic (exact) mass is 320 g/mol. The number of hydrogen-bond donors (Lipinski definition) is 2. The largest absolute Gasteiger partial charge is 0.401 e. The average Bonchev–Trinajstić information content (AvgIpc) is 3.16. The van der Waals surface area contributed by atoms with Crippen LogP contribution in [-0.2, 0) is 4.79 Å². The van der Waals surface area contributed by atoms with Crippen molar-refractivity contribution in [2.45, 2.75) is 45.2 Å². The molecule has 0 aliphatic carbocycles. The Balaban J connectivity index is 1.96. The van der Waals surface area contributed by atoms with Gasteiger partial charge in [-0.1, -0.05) is 27.0 Å². The van der Waals surface area contributed by atoms with Crippen molar-refractivity contribution in [2.24, 2.45) is 17.6 Å². The molecule has 5 heteroatoms. The maximum atomic E-state index is 12.8. The van der Waals surface area contributed by atoms with E-state index in [0.29, 0.717) is 11.7 Å². The normalized spacial score (nSPS) is 25.7. The van der Waals surface area contributed by atoms with Gasteiger partial charge in [-0.2, -0.15) is 0 Å². The number of likely N-dealkylation sites (N-methyl/N-ethyl adjacent to an activating group) is 1. The molecule has 3 N–H and O–H groups in total. The first-order valence-corrected chi connectivity index (χ1v) is 8.71. The molecular formula is C18H32N4O. The number of likely N-dealkylation sites (tertiary alicyclic amines) is 1. The Hall–Kier alpha value is -1.49. The summed E-state index contributed by atoms with van der Waals surface area (Å²) in [5, 5.41) is 3.48. The molecule has 23 heavy (non-hydrogen) atoms. The molecule has 2 rings (SSSR count). The number of nitrogens with zero attached hydrogens (tertiary/aromatic N) is 2. The first-order chi connectivity index (χ1) is 10.8. The van der Waals surface area contributed by atoms with Crippen LogP contribution in [0.3, 0.4) is 0 Å². The van der Waals surface area contributed by atoms with E-state index in [4.69, 9.17) is 5.73 Å². The van der Waals surface area contributed by atoms with Crippen molar-refractivity contribution in [1.29, 1.82) is 0 Å². The van der Waals surface area contributed by atoms with Crippen molar-refractivity contribution < 1.29 is 4.79 Å². The zero-order valence-corrected chi connectivity index (χ0v) is 14.8. The second kappa shape index (κ2) is 7.39. The fraction of sp³-hybridized carbons (Fsp3) is 0.722. The highest BCUT2D eigenvalue weighted by molar-refractivity contribution is 5.80. The number of carbonyl (C=O) groups excluding carboxylic acids is 1. The maximum Gasteiger partial charge on any atom is 0.227 e. The van der Waals surface area contributed by atoms with Crippen LogP contribution >= 0.6 is 0 Å². The fourth-order valence-electron chi connectivity index (χ4n) is 3.96. The first kappa shape index (κ1) is 17.9. The second-order valence-corrected chi connectivity index (χ2v) is 7.28. The summed E-state index contributed by atoms with van der Waals surface area (Å²) in [4.78, 5) is 16.9. The molecule has 3 unspecified atom stereocenters. The zero-order valence-electron chi connectivity index (χ0n) is 14.8. The number of amides is 1. The summed E-state index contributed by atoms with van der Waals surface area (Å²) in [5.74, 6) is 0.459. The van der Waals surface area contributed by atoms with Gasteiger partial charge in [-0.05, 0) is 31.7 Å². The van der Waals surface area contributed by atoms with Crippen molar-refractivity contribution in [3.05, 3.63) is 24.6 Å². The molecule has 0 bridgehead atoms. The Morgan fingerprint density at radius 2 is 2.04 bits per heavy atom. The number of carbonyl (C=O) groups is 1. The molecule has 0 radical (unpaired) electrons. The topological polar surface area (TPSA) is 61.6 Å². The number of nitrogens with two attached hydrogens (primary N) is 1. The highest BCUT2D eigenvalue weighted by atomic mass is 16.2. The van der Waals surface area contributed by atoms with Gasteiger partial charge in [0, 0.05) is 37.6 Å². The highest BCUT2D eigenvalue weighted by Gasteiger charge is 2.35. The van der Waals surface area contributed by atoms with Crippen LogP contribution in [0.25, 0.3) is 0 Å². The average molecular weight is 320 g/mol. The highest BCUT2D eigenvalue weighted by Crippen LogP contribution is 2.27. The molecule has 130 valence electrons. The SMILES string of the molecule is C=C(N)C(C(C)C)N(C)C(=O)C1CCN(C(=C)C2CCCN2)C1. The Morgan fingerprint density at radius 3 is 2.57 bits per heavy atom. The van der Waals surface area contributed by atoms with Crippen molar-refractivity contribution in [2.75, 3.05) is 26.7 Å². The number of nitrogens with one attached hydrogen (secondary N) is 1. The lowest BCUT2D eigenvalue weighted by atomic mass is 9.98. The smallest absolute Gasteiger partial charge is 0.227 e. The molecule has 2 aliphatic rings. The van der Waals surface area contributed by atoms with Gasteiger partial charge in [-0.25, -0.2) is 0 Å². The lowest BCUT2D eigenvalue weighted by Gasteiger charge is -2.33. The molecule has 0 saturated carbocycles. The standard InChI is InChI=1S/C18H32N4O/c1-12(2)17(13(3)19)21(5)18(23)15-8-10-22(11-15)14(4)16-7-6-9-20-16/h12,15-17,20H,3-4,6-11,19H2,1-2,5H3. The van der Waals surface area contributed by atoms with E-state index in [1.807, 2.05) is 7.05 Å². The van der Waals surface area contributed by atoms with Gasteiger partial charge in [0.2, 0.25) is 5.91 Å². The van der Waals surface area contributed by atoms with E-state index in [1.165, 1.54) is 6.42 Å². The van der Waals surface area contributed by atoms with Crippen molar-refractivity contribution in [3.8, 4) is 0 Å². The second-order valence-electron chi connectivity index (χ2n) is 7.28. The van der Waals surface area contributed by atoms with Crippen LogP contribution in [0, 0.1) is 11.8 Å². The van der Waals surface area contributed by atoms with E-state index in [0.717, 1.165) is 38.2 Å². The molecule has 5 nitrogen and oxygen atoms in total. The molecule has 0 aromatic carbocycles. The molecular weight excluding hydrogens is 288 g/mol. The van der Waals surface area contributed by atoms with Crippen molar-refractivity contribution in [3.63, 3.8) is 0 Å². The van der Waals surface area contributed by atoms with Gasteiger partial charge in [0.15, 0.2) is 0 Å². The molecule has 0 aromatic heterocycles. The third-order valence-corrected chi connectivity index (χ3v) is 5.18. The first-order valence-electron chi connectivity index (χ1n) is 8.71. The van der Waals surface area contributed by atoms with Gasteiger partial charge < -0.3 is 20.9 Å². The Bertz CT molecular complexity index is 468. The molecule has 2 fully saturated rings. The minimum Gasteiger partial charge on any atom is -0.401 e. The van der Waals surface area contributed by atoms with Gasteiger partial charge in [0.05, 0.1) is 12.0 Å². The van der Waals surface area contributed by atoms with Gasteiger partial charge in [-0.3, -0.25) is 4.79 Å². The van der Waals surface area contributed by atoms with Crippen molar-refractivity contribution in [1.82, 2.24) is 15.1 Å². The van der Waals surface area contributed by atoms with E-state index >= 15 is 0 Å². The predicted molar refractivity (Wildman–Crippen MR) is 94.6 cm³/mol. The third kappa shape index (κ3) is 3.89. The van der Waals surface area contributed by atoms with Crippen molar-refractivity contribution >= 4 is 5.91 Å². The van der Waals surface area contributed by atoms with Gasteiger partial charge >= 0.3 is 0 Å². The van der Waals surface area contributed by atoms with E-state index in [2.05, 4.69) is 37.2 Å². The molecule has 2 saturated heterocycles. The van der Waals surface area contributed by atoms with Crippen LogP contribution in [0.15, 0.2) is 24.6 Å². The summed E-state index contributed by atoms with van der Waals surface area (Å²) < 4.78 is 0. The van der Waals surface area contributed by atoms with Crippen LogP contribution in [0.1, 0.15) is 33.1 Å². The lowest BCUT2D eigenvalue weighted by Crippen LogP contribution is -2.46. The summed E-state index contributed by atoms with van der Waals surface area (Å²) >= 11 is 0. The summed E-state index contributed by atoms with van der Waals surface area (Å²) in [7, 11) is 1.85. The van der Waals surface area contributed by atoms with E-state index < -0.39 is 0 Å². The summed E-state index contributed by atoms with van der Waals surface area (Å²) in [6.07, 6.45) is 3.24. The van der Waals surface area contributed by atoms with Crippen LogP contribution in [0.5, 0.6) is 0 Å². The fourth-order valence-corrected chi connectivity index (χ4v) is 3.96. The van der Waals surface area contributed by atoms with E-state index in [1.54, 1.807) is 4.90 Å². The maximum absolute atomic E-state index is 12.8. The summed E-state index contributed by atoms with van der Waals surface area (Å²) in [5.41, 5.74) is 7.62. The molecule has 0 aromatic rings. The van der Waals surface area contributed by atoms with Gasteiger partial charge in [0.1, 0.15) is 0 Å². The predicted octanol–water partition coefficient (Wildman–Crippen LogP) is 1.53. The van der Waals surface area contributed by atoms with E-state index in [-0.39, 0.29) is 23.8 Å². The summed E-state index contributed by atoms with van der Waals surface area (Å²) in [6, 6.07) is 0.282. The van der Waals surface area contributed by atoms with Crippen LogP contribution < -0.4 is 11.1 Å². The Kier molecular flexibility index (Phi) is 5.74. The minimum atomic E-state index is -0.101. The molecule has 3 atom stereocenters. The van der Waals surface area contributed by atoms with Gasteiger partial charge in [0.25, 0.3) is 0 Å². The molecule has 2 aliphatic heterocycles. The third-order valence-electron chi connectivity index (χ3n) is 5.18. The zero-order chi connectivity index (χ0) is 17.1. The number of hydrogen-bond acceptors (Lipinski definition) is 4. The van der Waals surface area contributed by atoms with E-state index in [9.17, 15) is 4.79 Å². The van der Waals surface area contributed by atoms with Crippen LogP contribution in [0.4, 0.5) is 0 Å². The Morgan fingerprint density at radius 1 is 1.35 bits per heavy atom. The number of rotatable bonds is 6. The molecule has 1 amide bonds.